The van der Waals surface area contributed by atoms with Crippen molar-refractivity contribution in [3.8, 4) is 0 Å². The molecule has 0 aliphatic carbocycles. The number of hydrogen-bond acceptors (Lipinski definition) is 5. The SMILES string of the molecule is O=S(=O)(c1ccc(SCCCCCO)nc1)N1CCCCC1. The van der Waals surface area contributed by atoms with Gasteiger partial charge in [-0.05, 0) is 43.6 Å². The lowest BCUT2D eigenvalue weighted by Crippen LogP contribution is -2.35. The zero-order chi connectivity index (χ0) is 15.8. The maximum Gasteiger partial charge on any atom is 0.244 e. The number of hydrogen-bond donors (Lipinski definition) is 1. The smallest absolute Gasteiger partial charge is 0.244 e. The lowest BCUT2D eigenvalue weighted by Gasteiger charge is -2.25. The number of unbranched alkanes of at least 4 members (excludes halogenated alkanes) is 2. The van der Waals surface area contributed by atoms with E-state index in [0.29, 0.717) is 18.0 Å². The summed E-state index contributed by atoms with van der Waals surface area (Å²) < 4.78 is 26.5. The second-order valence-corrected chi connectivity index (χ2v) is 8.48. The minimum absolute atomic E-state index is 0.242. The van der Waals surface area contributed by atoms with Crippen LogP contribution in [0.25, 0.3) is 0 Å². The van der Waals surface area contributed by atoms with Crippen LogP contribution in [-0.4, -0.2) is 48.3 Å². The quantitative estimate of drug-likeness (QED) is 0.579. The van der Waals surface area contributed by atoms with Gasteiger partial charge in [-0.2, -0.15) is 4.31 Å². The van der Waals surface area contributed by atoms with Crippen LogP contribution in [0.5, 0.6) is 0 Å². The molecule has 7 heteroatoms. The molecular formula is C15H24N2O3S2. The number of aromatic nitrogens is 1. The van der Waals surface area contributed by atoms with Gasteiger partial charge in [0.1, 0.15) is 4.90 Å². The maximum atomic E-state index is 12.5. The molecule has 1 aliphatic heterocycles. The number of aliphatic hydroxyl groups is 1. The predicted octanol–water partition coefficient (Wildman–Crippen LogP) is 2.51. The molecule has 1 fully saturated rings. The van der Waals surface area contributed by atoms with E-state index in [1.54, 1.807) is 28.2 Å². The van der Waals surface area contributed by atoms with E-state index in [4.69, 9.17) is 5.11 Å². The zero-order valence-electron chi connectivity index (χ0n) is 12.8. The first-order valence-corrected chi connectivity index (χ1v) is 10.3. The van der Waals surface area contributed by atoms with Crippen molar-refractivity contribution in [3.05, 3.63) is 18.3 Å². The topological polar surface area (TPSA) is 70.5 Å². The van der Waals surface area contributed by atoms with Crippen molar-refractivity contribution in [1.82, 2.24) is 9.29 Å². The Kier molecular flexibility index (Phi) is 7.14. The summed E-state index contributed by atoms with van der Waals surface area (Å²) in [6.45, 7) is 1.47. The Morgan fingerprint density at radius 1 is 1.14 bits per heavy atom. The van der Waals surface area contributed by atoms with Crippen molar-refractivity contribution < 1.29 is 13.5 Å². The van der Waals surface area contributed by atoms with E-state index in [1.165, 1.54) is 6.20 Å². The molecule has 0 amide bonds. The van der Waals surface area contributed by atoms with E-state index >= 15 is 0 Å². The summed E-state index contributed by atoms with van der Waals surface area (Å²) in [5, 5.41) is 9.57. The van der Waals surface area contributed by atoms with Gasteiger partial charge in [0.05, 0.1) is 5.03 Å². The second-order valence-electron chi connectivity index (χ2n) is 5.43. The molecule has 0 bridgehead atoms. The van der Waals surface area contributed by atoms with Crippen LogP contribution >= 0.6 is 11.8 Å². The van der Waals surface area contributed by atoms with Gasteiger partial charge in [0.15, 0.2) is 0 Å². The summed E-state index contributed by atoms with van der Waals surface area (Å²) in [7, 11) is -3.38. The molecule has 0 unspecified atom stereocenters. The summed E-state index contributed by atoms with van der Waals surface area (Å²) in [6, 6.07) is 3.44. The monoisotopic (exact) mass is 344 g/mol. The fraction of sp³-hybridized carbons (Fsp3) is 0.667. The molecule has 0 radical (unpaired) electrons. The molecule has 0 saturated carbocycles. The van der Waals surface area contributed by atoms with Crippen LogP contribution in [0.1, 0.15) is 38.5 Å². The van der Waals surface area contributed by atoms with E-state index in [2.05, 4.69) is 4.98 Å². The van der Waals surface area contributed by atoms with E-state index in [1.807, 2.05) is 0 Å². The van der Waals surface area contributed by atoms with Crippen molar-refractivity contribution in [2.75, 3.05) is 25.4 Å². The summed E-state index contributed by atoms with van der Waals surface area (Å²) in [5.74, 6) is 0.936. The van der Waals surface area contributed by atoms with Crippen LogP contribution in [0, 0.1) is 0 Å². The molecule has 2 heterocycles. The Bertz CT molecular complexity index is 540. The standard InChI is InChI=1S/C15H24N2O3S2/c18-11-5-2-6-12-21-15-8-7-14(13-16-15)22(19,20)17-9-3-1-4-10-17/h7-8,13,18H,1-6,9-12H2. The van der Waals surface area contributed by atoms with Crippen molar-refractivity contribution >= 4 is 21.8 Å². The lowest BCUT2D eigenvalue weighted by molar-refractivity contribution is 0.284. The maximum absolute atomic E-state index is 12.5. The zero-order valence-corrected chi connectivity index (χ0v) is 14.4. The molecule has 1 aliphatic rings. The summed E-state index contributed by atoms with van der Waals surface area (Å²) in [6.07, 6.45) is 7.33. The van der Waals surface area contributed by atoms with E-state index < -0.39 is 10.0 Å². The molecule has 124 valence electrons. The average Bonchev–Trinajstić information content (AvgIpc) is 2.56. The van der Waals surface area contributed by atoms with E-state index in [9.17, 15) is 8.42 Å². The molecule has 1 N–H and O–H groups in total. The molecule has 0 aromatic carbocycles. The highest BCUT2D eigenvalue weighted by Crippen LogP contribution is 2.22. The Hall–Kier alpha value is -0.630. The lowest BCUT2D eigenvalue weighted by atomic mass is 10.2. The highest BCUT2D eigenvalue weighted by molar-refractivity contribution is 7.99. The Labute approximate surface area is 137 Å². The minimum Gasteiger partial charge on any atom is -0.396 e. The first-order valence-electron chi connectivity index (χ1n) is 7.84. The molecular weight excluding hydrogens is 320 g/mol. The number of nitrogens with zero attached hydrogens (tertiary/aromatic N) is 2. The summed E-state index contributed by atoms with van der Waals surface area (Å²) in [4.78, 5) is 4.56. The first-order chi connectivity index (χ1) is 10.6. The van der Waals surface area contributed by atoms with Gasteiger partial charge in [-0.3, -0.25) is 0 Å². The average molecular weight is 345 g/mol. The van der Waals surface area contributed by atoms with Crippen LogP contribution in [0.2, 0.25) is 0 Å². The highest BCUT2D eigenvalue weighted by Gasteiger charge is 2.25. The van der Waals surface area contributed by atoms with Gasteiger partial charge >= 0.3 is 0 Å². The highest BCUT2D eigenvalue weighted by atomic mass is 32.2. The van der Waals surface area contributed by atoms with Crippen molar-refractivity contribution in [1.29, 1.82) is 0 Å². The van der Waals surface area contributed by atoms with Crippen LogP contribution in [0.15, 0.2) is 28.3 Å². The van der Waals surface area contributed by atoms with Crippen LogP contribution < -0.4 is 0 Å². The second kappa shape index (κ2) is 8.86. The Morgan fingerprint density at radius 2 is 1.91 bits per heavy atom. The van der Waals surface area contributed by atoms with Crippen LogP contribution in [0.4, 0.5) is 0 Å². The predicted molar refractivity (Wildman–Crippen MR) is 88.5 cm³/mol. The molecule has 1 saturated heterocycles. The number of pyridine rings is 1. The van der Waals surface area contributed by atoms with Gasteiger partial charge in [0, 0.05) is 25.9 Å². The van der Waals surface area contributed by atoms with Crippen molar-refractivity contribution in [2.45, 2.75) is 48.4 Å². The first kappa shape index (κ1) is 17.7. The number of aliphatic hydroxyl groups excluding tert-OH is 1. The summed E-state index contributed by atoms with van der Waals surface area (Å²) in [5.41, 5.74) is 0. The third-order valence-electron chi connectivity index (χ3n) is 3.71. The van der Waals surface area contributed by atoms with Gasteiger partial charge in [-0.1, -0.05) is 12.8 Å². The third kappa shape index (κ3) is 4.94. The molecule has 1 aromatic heterocycles. The van der Waals surface area contributed by atoms with Gasteiger partial charge in [-0.15, -0.1) is 11.8 Å². The molecule has 2 rings (SSSR count). The van der Waals surface area contributed by atoms with Crippen LogP contribution in [-0.2, 0) is 10.0 Å². The third-order valence-corrected chi connectivity index (χ3v) is 6.63. The number of rotatable bonds is 8. The molecule has 0 spiro atoms. The van der Waals surface area contributed by atoms with Crippen molar-refractivity contribution in [2.24, 2.45) is 0 Å². The number of sulfonamides is 1. The largest absolute Gasteiger partial charge is 0.396 e. The van der Waals surface area contributed by atoms with Gasteiger partial charge in [0.2, 0.25) is 10.0 Å². The fourth-order valence-corrected chi connectivity index (χ4v) is 4.74. The number of piperidine rings is 1. The van der Waals surface area contributed by atoms with E-state index in [0.717, 1.165) is 49.3 Å². The van der Waals surface area contributed by atoms with Gasteiger partial charge in [0.25, 0.3) is 0 Å². The van der Waals surface area contributed by atoms with Gasteiger partial charge in [-0.25, -0.2) is 13.4 Å². The normalized spacial score (nSPS) is 16.8. The van der Waals surface area contributed by atoms with E-state index in [-0.39, 0.29) is 6.61 Å². The fourth-order valence-electron chi connectivity index (χ4n) is 2.43. The summed E-state index contributed by atoms with van der Waals surface area (Å²) >= 11 is 1.62. The number of thioether (sulfide) groups is 1. The van der Waals surface area contributed by atoms with Gasteiger partial charge < -0.3 is 5.11 Å². The Morgan fingerprint density at radius 3 is 2.55 bits per heavy atom. The molecule has 5 nitrogen and oxygen atoms in total. The van der Waals surface area contributed by atoms with Crippen molar-refractivity contribution in [3.63, 3.8) is 0 Å². The molecule has 22 heavy (non-hydrogen) atoms. The molecule has 1 aromatic rings. The Balaban J connectivity index is 1.90. The molecule has 0 atom stereocenters. The minimum atomic E-state index is -3.38. The van der Waals surface area contributed by atoms with Crippen LogP contribution in [0.3, 0.4) is 0 Å².